The minimum Gasteiger partial charge on any atom is -0.507 e. The molecule has 6 heteroatoms. The summed E-state index contributed by atoms with van der Waals surface area (Å²) < 4.78 is 0. The second-order valence-electron chi connectivity index (χ2n) is 7.85. The van der Waals surface area contributed by atoms with Gasteiger partial charge >= 0.3 is 0 Å². The third-order valence-corrected chi connectivity index (χ3v) is 5.10. The van der Waals surface area contributed by atoms with E-state index in [9.17, 15) is 10.2 Å². The van der Waals surface area contributed by atoms with E-state index in [0.29, 0.717) is 37.7 Å². The Morgan fingerprint density at radius 2 is 1.17 bits per heavy atom. The van der Waals surface area contributed by atoms with E-state index in [1.807, 2.05) is 38.1 Å². The molecule has 0 radical (unpaired) electrons. The summed E-state index contributed by atoms with van der Waals surface area (Å²) >= 11 is 0. The highest BCUT2D eigenvalue weighted by molar-refractivity contribution is 5.85. The molecule has 2 aromatic rings. The lowest BCUT2D eigenvalue weighted by atomic mass is 10.0. The molecule has 160 valence electrons. The van der Waals surface area contributed by atoms with Crippen molar-refractivity contribution >= 4 is 12.4 Å². The lowest BCUT2D eigenvalue weighted by Crippen LogP contribution is -2.22. The number of phenols is 2. The van der Waals surface area contributed by atoms with Gasteiger partial charge < -0.3 is 20.8 Å². The molecule has 30 heavy (non-hydrogen) atoms. The van der Waals surface area contributed by atoms with E-state index < -0.39 is 0 Å². The first-order valence-electron chi connectivity index (χ1n) is 10.6. The van der Waals surface area contributed by atoms with E-state index in [4.69, 9.17) is 0 Å². The van der Waals surface area contributed by atoms with E-state index in [-0.39, 0.29) is 0 Å². The predicted molar refractivity (Wildman–Crippen MR) is 123 cm³/mol. The van der Waals surface area contributed by atoms with Crippen LogP contribution in [0.4, 0.5) is 0 Å². The van der Waals surface area contributed by atoms with Crippen molar-refractivity contribution in [3.63, 3.8) is 0 Å². The van der Waals surface area contributed by atoms with Crippen molar-refractivity contribution in [2.24, 2.45) is 9.98 Å². The summed E-state index contributed by atoms with van der Waals surface area (Å²) in [5.41, 5.74) is 5.50. The SMILES string of the molecule is Cc1cc2c(O)c(c1)CNCCCNCc1cc(C)cc(c1O)C=NCCCN=C2. The van der Waals surface area contributed by atoms with Crippen molar-refractivity contribution in [2.45, 2.75) is 39.8 Å². The van der Waals surface area contributed by atoms with Gasteiger partial charge in [0.05, 0.1) is 0 Å². The fourth-order valence-corrected chi connectivity index (χ4v) is 3.60. The molecule has 0 saturated heterocycles. The van der Waals surface area contributed by atoms with Crippen molar-refractivity contribution in [3.05, 3.63) is 57.6 Å². The number of benzene rings is 2. The molecule has 0 amide bonds. The molecular weight excluding hydrogens is 376 g/mol. The summed E-state index contributed by atoms with van der Waals surface area (Å²) in [5.74, 6) is 0.596. The zero-order valence-corrected chi connectivity index (χ0v) is 17.9. The first-order valence-corrected chi connectivity index (χ1v) is 10.6. The van der Waals surface area contributed by atoms with E-state index in [0.717, 1.165) is 59.3 Å². The Hall–Kier alpha value is -2.70. The molecule has 0 aromatic heterocycles. The largest absolute Gasteiger partial charge is 0.507 e. The molecule has 0 aliphatic carbocycles. The van der Waals surface area contributed by atoms with E-state index in [1.54, 1.807) is 12.4 Å². The zero-order valence-electron chi connectivity index (χ0n) is 17.9. The van der Waals surface area contributed by atoms with Crippen LogP contribution in [0.1, 0.15) is 46.2 Å². The van der Waals surface area contributed by atoms with Crippen LogP contribution in [0.2, 0.25) is 0 Å². The average Bonchev–Trinajstić information content (AvgIpc) is 2.71. The summed E-state index contributed by atoms with van der Waals surface area (Å²) in [4.78, 5) is 8.91. The van der Waals surface area contributed by atoms with Crippen molar-refractivity contribution in [3.8, 4) is 11.5 Å². The number of hydrogen-bond donors (Lipinski definition) is 4. The smallest absolute Gasteiger partial charge is 0.128 e. The topological polar surface area (TPSA) is 89.2 Å². The molecule has 2 aromatic carbocycles. The van der Waals surface area contributed by atoms with Crippen LogP contribution >= 0.6 is 0 Å². The molecule has 1 heterocycles. The molecule has 1 aliphatic heterocycles. The van der Waals surface area contributed by atoms with Crippen LogP contribution in [0, 0.1) is 13.8 Å². The summed E-state index contributed by atoms with van der Waals surface area (Å²) in [6.07, 6.45) is 5.24. The summed E-state index contributed by atoms with van der Waals surface area (Å²) in [5, 5.41) is 27.9. The van der Waals surface area contributed by atoms with Crippen LogP contribution in [0.3, 0.4) is 0 Å². The fraction of sp³-hybridized carbons (Fsp3) is 0.417. The second-order valence-corrected chi connectivity index (χ2v) is 7.85. The Labute approximate surface area is 178 Å². The third kappa shape index (κ3) is 6.15. The maximum Gasteiger partial charge on any atom is 0.128 e. The summed E-state index contributed by atoms with van der Waals surface area (Å²) in [6, 6.07) is 7.93. The van der Waals surface area contributed by atoms with Crippen LogP contribution in [0.15, 0.2) is 34.3 Å². The number of hydrogen-bond acceptors (Lipinski definition) is 6. The van der Waals surface area contributed by atoms with Crippen LogP contribution in [0.5, 0.6) is 11.5 Å². The lowest BCUT2D eigenvalue weighted by Gasteiger charge is -2.12. The zero-order chi connectivity index (χ0) is 21.3. The van der Waals surface area contributed by atoms with Gasteiger partial charge in [0.2, 0.25) is 0 Å². The number of phenolic OH excluding ortho intramolecular Hbond substituents is 2. The Kier molecular flexibility index (Phi) is 7.99. The van der Waals surface area contributed by atoms with Crippen molar-refractivity contribution < 1.29 is 10.2 Å². The molecule has 0 atom stereocenters. The van der Waals surface area contributed by atoms with Crippen LogP contribution < -0.4 is 10.6 Å². The molecule has 3 rings (SSSR count). The number of aliphatic imine (C=N–C) groups is 2. The molecule has 6 nitrogen and oxygen atoms in total. The fourth-order valence-electron chi connectivity index (χ4n) is 3.60. The van der Waals surface area contributed by atoms with Gasteiger partial charge in [-0.15, -0.1) is 0 Å². The highest BCUT2D eigenvalue weighted by Gasteiger charge is 2.09. The maximum absolute atomic E-state index is 10.6. The van der Waals surface area contributed by atoms with Crippen LogP contribution in [-0.2, 0) is 13.1 Å². The minimum absolute atomic E-state index is 0.298. The van der Waals surface area contributed by atoms with Gasteiger partial charge in [-0.1, -0.05) is 12.1 Å². The van der Waals surface area contributed by atoms with E-state index >= 15 is 0 Å². The first kappa shape index (κ1) is 22.0. The lowest BCUT2D eigenvalue weighted by molar-refractivity contribution is 0.461. The summed E-state index contributed by atoms with van der Waals surface area (Å²) in [7, 11) is 0. The van der Waals surface area contributed by atoms with Gasteiger partial charge in [0.25, 0.3) is 0 Å². The summed E-state index contributed by atoms with van der Waals surface area (Å²) in [6.45, 7) is 8.23. The van der Waals surface area contributed by atoms with E-state index in [2.05, 4.69) is 20.6 Å². The Balaban J connectivity index is 1.75. The average molecular weight is 409 g/mol. The van der Waals surface area contributed by atoms with Crippen LogP contribution in [-0.4, -0.2) is 48.8 Å². The molecule has 0 unspecified atom stereocenters. The molecule has 1 aliphatic rings. The maximum atomic E-state index is 10.6. The van der Waals surface area contributed by atoms with Crippen molar-refractivity contribution in [2.75, 3.05) is 26.2 Å². The first-order chi connectivity index (χ1) is 14.5. The molecule has 0 spiro atoms. The van der Waals surface area contributed by atoms with Gasteiger partial charge in [0.1, 0.15) is 11.5 Å². The monoisotopic (exact) mass is 408 g/mol. The van der Waals surface area contributed by atoms with Gasteiger partial charge in [0.15, 0.2) is 0 Å². The Morgan fingerprint density at radius 1 is 0.700 bits per heavy atom. The highest BCUT2D eigenvalue weighted by atomic mass is 16.3. The van der Waals surface area contributed by atoms with Crippen LogP contribution in [0.25, 0.3) is 0 Å². The second kappa shape index (κ2) is 10.9. The van der Waals surface area contributed by atoms with Gasteiger partial charge in [-0.25, -0.2) is 0 Å². The molecular formula is C24H32N4O2. The third-order valence-electron chi connectivity index (χ3n) is 5.10. The number of nitrogens with one attached hydrogen (secondary N) is 2. The van der Waals surface area contributed by atoms with Gasteiger partial charge in [-0.2, -0.15) is 0 Å². The Morgan fingerprint density at radius 3 is 1.63 bits per heavy atom. The van der Waals surface area contributed by atoms with Gasteiger partial charge in [-0.05, 0) is 63.0 Å². The highest BCUT2D eigenvalue weighted by Crippen LogP contribution is 2.24. The molecule has 0 saturated carbocycles. The Bertz CT molecular complexity index is 848. The normalized spacial score (nSPS) is 16.3. The standard InChI is InChI=1S/C24H32N4O2/c1-17-9-19-13-25-5-3-7-27-15-21-11-18(2)12-22(24(21)30)16-28-8-4-6-26-14-20(10-17)23(19)29/h9-13,15,26,28-30H,3-8,14,16H2,1-2H3. The number of rotatable bonds is 0. The molecule has 4 bridgehead atoms. The minimum atomic E-state index is 0.298. The van der Waals surface area contributed by atoms with Crippen molar-refractivity contribution in [1.82, 2.24) is 10.6 Å². The quantitative estimate of drug-likeness (QED) is 0.539. The number of nitrogens with zero attached hydrogens (tertiary/aromatic N) is 2. The molecule has 0 fully saturated rings. The van der Waals surface area contributed by atoms with Gasteiger partial charge in [-0.3, -0.25) is 9.98 Å². The predicted octanol–water partition coefficient (Wildman–Crippen LogP) is 3.23. The van der Waals surface area contributed by atoms with E-state index in [1.165, 1.54) is 0 Å². The van der Waals surface area contributed by atoms with Crippen molar-refractivity contribution in [1.29, 1.82) is 0 Å². The van der Waals surface area contributed by atoms with Gasteiger partial charge in [0, 0.05) is 60.9 Å². The number of aromatic hydroxyl groups is 2. The number of aryl methyl sites for hydroxylation is 2. The molecule has 4 N–H and O–H groups in total. The number of fused-ring (bicyclic) bond motifs is 4.